The summed E-state index contributed by atoms with van der Waals surface area (Å²) in [7, 11) is 0. The molecule has 1 aromatic heterocycles. The highest BCUT2D eigenvalue weighted by Gasteiger charge is 2.21. The molecule has 5 heteroatoms. The largest absolute Gasteiger partial charge is 0.396 e. The highest BCUT2D eigenvalue weighted by atomic mass is 16.3. The molecule has 2 heterocycles. The van der Waals surface area contributed by atoms with Gasteiger partial charge in [-0.15, -0.1) is 0 Å². The first-order chi connectivity index (χ1) is 6.85. The zero-order valence-electron chi connectivity index (χ0n) is 8.06. The number of hydrogen-bond donors (Lipinski definition) is 2. The average molecular weight is 197 g/mol. The lowest BCUT2D eigenvalue weighted by Crippen LogP contribution is -2.22. The van der Waals surface area contributed by atoms with Gasteiger partial charge in [0.2, 0.25) is 0 Å². The summed E-state index contributed by atoms with van der Waals surface area (Å²) < 4.78 is 1.81. The van der Waals surface area contributed by atoms with Crippen LogP contribution in [0.15, 0.2) is 0 Å². The number of aliphatic hydroxyl groups excluding tert-OH is 2. The minimum atomic E-state index is 0.0766. The number of fused-ring (bicyclic) bond motifs is 1. The number of aryl methyl sites for hydroxylation is 1. The summed E-state index contributed by atoms with van der Waals surface area (Å²) in [5, 5.41) is 22.2. The molecule has 0 saturated carbocycles. The first-order valence-electron chi connectivity index (χ1n) is 5.01. The van der Waals surface area contributed by atoms with E-state index in [0.717, 1.165) is 25.1 Å². The highest BCUT2D eigenvalue weighted by molar-refractivity contribution is 4.98. The van der Waals surface area contributed by atoms with Crippen molar-refractivity contribution in [1.29, 1.82) is 0 Å². The molecule has 0 amide bonds. The van der Waals surface area contributed by atoms with E-state index < -0.39 is 0 Å². The van der Waals surface area contributed by atoms with E-state index >= 15 is 0 Å². The molecule has 0 saturated heterocycles. The van der Waals surface area contributed by atoms with E-state index in [1.807, 2.05) is 4.68 Å². The van der Waals surface area contributed by atoms with Gasteiger partial charge in [0.15, 0.2) is 5.82 Å². The maximum Gasteiger partial charge on any atom is 0.153 e. The van der Waals surface area contributed by atoms with Crippen LogP contribution >= 0.6 is 0 Å². The van der Waals surface area contributed by atoms with E-state index in [9.17, 15) is 0 Å². The van der Waals surface area contributed by atoms with E-state index in [4.69, 9.17) is 10.2 Å². The van der Waals surface area contributed by atoms with Crippen LogP contribution in [0.1, 0.15) is 30.5 Å². The van der Waals surface area contributed by atoms with Crippen molar-refractivity contribution in [3.63, 3.8) is 0 Å². The Morgan fingerprint density at radius 1 is 1.43 bits per heavy atom. The van der Waals surface area contributed by atoms with Crippen LogP contribution in [-0.2, 0) is 12.8 Å². The van der Waals surface area contributed by atoms with Crippen molar-refractivity contribution in [2.75, 3.05) is 13.2 Å². The van der Waals surface area contributed by atoms with Crippen molar-refractivity contribution >= 4 is 0 Å². The summed E-state index contributed by atoms with van der Waals surface area (Å²) in [6.45, 7) is 0.197. The smallest absolute Gasteiger partial charge is 0.153 e. The summed E-state index contributed by atoms with van der Waals surface area (Å²) in [4.78, 5) is 4.32. The average Bonchev–Trinajstić information content (AvgIpc) is 2.60. The van der Waals surface area contributed by atoms with Crippen LogP contribution in [0.25, 0.3) is 0 Å². The first kappa shape index (κ1) is 9.61. The van der Waals surface area contributed by atoms with Gasteiger partial charge in [-0.3, -0.25) is 0 Å². The molecular formula is C9H15N3O2. The van der Waals surface area contributed by atoms with E-state index in [1.165, 1.54) is 0 Å². The van der Waals surface area contributed by atoms with Crippen LogP contribution < -0.4 is 0 Å². The third-order valence-electron chi connectivity index (χ3n) is 2.58. The number of nitrogens with zero attached hydrogens (tertiary/aromatic N) is 3. The van der Waals surface area contributed by atoms with Gasteiger partial charge in [-0.25, -0.2) is 9.67 Å². The predicted octanol–water partition coefficient (Wildman–Crippen LogP) is -0.317. The summed E-state index contributed by atoms with van der Waals surface area (Å²) in [5.74, 6) is 1.63. The summed E-state index contributed by atoms with van der Waals surface area (Å²) >= 11 is 0. The molecule has 0 aromatic carbocycles. The normalized spacial score (nSPS) is 20.9. The Hall–Kier alpha value is -0.940. The van der Waals surface area contributed by atoms with Crippen molar-refractivity contribution in [3.05, 3.63) is 11.6 Å². The Kier molecular flexibility index (Phi) is 2.79. The second-order valence-corrected chi connectivity index (χ2v) is 3.59. The molecule has 0 aliphatic carbocycles. The standard InChI is InChI=1S/C9H15N3O2/c13-5-4-8-10-9-3-1-2-7(6-14)12(9)11-8/h7,13-14H,1-6H2. The first-order valence-corrected chi connectivity index (χ1v) is 5.01. The van der Waals surface area contributed by atoms with Gasteiger partial charge in [0.1, 0.15) is 5.82 Å². The molecule has 0 spiro atoms. The zero-order valence-corrected chi connectivity index (χ0v) is 8.06. The second-order valence-electron chi connectivity index (χ2n) is 3.59. The monoisotopic (exact) mass is 197 g/mol. The molecule has 1 unspecified atom stereocenters. The highest BCUT2D eigenvalue weighted by Crippen LogP contribution is 2.22. The van der Waals surface area contributed by atoms with E-state index in [0.29, 0.717) is 12.2 Å². The Morgan fingerprint density at radius 3 is 3.00 bits per heavy atom. The number of hydrogen-bond acceptors (Lipinski definition) is 4. The fourth-order valence-corrected chi connectivity index (χ4v) is 1.86. The fourth-order valence-electron chi connectivity index (χ4n) is 1.86. The topological polar surface area (TPSA) is 71.2 Å². The van der Waals surface area contributed by atoms with Gasteiger partial charge in [0.25, 0.3) is 0 Å². The Balaban J connectivity index is 2.24. The van der Waals surface area contributed by atoms with Gasteiger partial charge in [-0.1, -0.05) is 0 Å². The fraction of sp³-hybridized carbons (Fsp3) is 0.778. The van der Waals surface area contributed by atoms with Crippen LogP contribution in [-0.4, -0.2) is 38.2 Å². The van der Waals surface area contributed by atoms with E-state index in [2.05, 4.69) is 10.1 Å². The van der Waals surface area contributed by atoms with Crippen molar-refractivity contribution < 1.29 is 10.2 Å². The molecule has 14 heavy (non-hydrogen) atoms. The Labute approximate surface area is 82.4 Å². The lowest BCUT2D eigenvalue weighted by molar-refractivity contribution is 0.194. The van der Waals surface area contributed by atoms with Gasteiger partial charge >= 0.3 is 0 Å². The SMILES string of the molecule is OCCc1nc2n(n1)C(CO)CCC2. The molecular weight excluding hydrogens is 182 g/mol. The third kappa shape index (κ3) is 1.65. The van der Waals surface area contributed by atoms with E-state index in [-0.39, 0.29) is 19.3 Å². The van der Waals surface area contributed by atoms with Gasteiger partial charge in [0.05, 0.1) is 19.3 Å². The minimum absolute atomic E-state index is 0.0766. The molecule has 1 atom stereocenters. The lowest BCUT2D eigenvalue weighted by atomic mass is 10.1. The van der Waals surface area contributed by atoms with Crippen LogP contribution in [0.3, 0.4) is 0 Å². The van der Waals surface area contributed by atoms with Crippen LogP contribution in [0.2, 0.25) is 0 Å². The van der Waals surface area contributed by atoms with Crippen LogP contribution in [0.5, 0.6) is 0 Å². The lowest BCUT2D eigenvalue weighted by Gasteiger charge is -2.20. The van der Waals surface area contributed by atoms with Crippen molar-refractivity contribution in [2.45, 2.75) is 31.7 Å². The predicted molar refractivity (Wildman–Crippen MR) is 49.9 cm³/mol. The maximum absolute atomic E-state index is 9.14. The number of aliphatic hydroxyl groups is 2. The Bertz CT molecular complexity index is 311. The quantitative estimate of drug-likeness (QED) is 0.697. The van der Waals surface area contributed by atoms with Gasteiger partial charge < -0.3 is 10.2 Å². The maximum atomic E-state index is 9.14. The molecule has 2 N–H and O–H groups in total. The molecule has 1 aliphatic heterocycles. The van der Waals surface area contributed by atoms with Crippen molar-refractivity contribution in [1.82, 2.24) is 14.8 Å². The Morgan fingerprint density at radius 2 is 2.29 bits per heavy atom. The zero-order chi connectivity index (χ0) is 9.97. The molecule has 2 rings (SSSR count). The summed E-state index contributed by atoms with van der Waals surface area (Å²) in [6, 6.07) is 0.0821. The summed E-state index contributed by atoms with van der Waals surface area (Å²) in [5.41, 5.74) is 0. The van der Waals surface area contributed by atoms with Crippen LogP contribution in [0.4, 0.5) is 0 Å². The molecule has 78 valence electrons. The third-order valence-corrected chi connectivity index (χ3v) is 2.58. The molecule has 0 bridgehead atoms. The van der Waals surface area contributed by atoms with Crippen LogP contribution in [0, 0.1) is 0 Å². The number of aromatic nitrogens is 3. The molecule has 0 radical (unpaired) electrons. The van der Waals surface area contributed by atoms with Gasteiger partial charge in [0, 0.05) is 12.8 Å². The minimum Gasteiger partial charge on any atom is -0.396 e. The molecule has 5 nitrogen and oxygen atoms in total. The summed E-state index contributed by atoms with van der Waals surface area (Å²) in [6.07, 6.45) is 3.45. The van der Waals surface area contributed by atoms with Crippen molar-refractivity contribution in [2.24, 2.45) is 0 Å². The number of rotatable bonds is 3. The molecule has 0 fully saturated rings. The molecule has 1 aliphatic rings. The van der Waals surface area contributed by atoms with Gasteiger partial charge in [-0.2, -0.15) is 5.10 Å². The van der Waals surface area contributed by atoms with E-state index in [1.54, 1.807) is 0 Å². The molecule has 1 aromatic rings. The van der Waals surface area contributed by atoms with Gasteiger partial charge in [-0.05, 0) is 12.8 Å². The van der Waals surface area contributed by atoms with Crippen molar-refractivity contribution in [3.8, 4) is 0 Å². The second kappa shape index (κ2) is 4.06.